The van der Waals surface area contributed by atoms with Gasteiger partial charge < -0.3 is 24.7 Å². The van der Waals surface area contributed by atoms with E-state index in [0.717, 1.165) is 18.4 Å². The topological polar surface area (TPSA) is 107 Å². The monoisotopic (exact) mass is 484 g/mol. The second kappa shape index (κ2) is 10.1. The number of rotatable bonds is 11. The van der Waals surface area contributed by atoms with Crippen LogP contribution in [0.1, 0.15) is 45.1 Å². The first-order chi connectivity index (χ1) is 16.8. The number of amides is 2. The van der Waals surface area contributed by atoms with Crippen LogP contribution in [0.2, 0.25) is 0 Å². The maximum atomic E-state index is 14.3. The van der Waals surface area contributed by atoms with Crippen LogP contribution >= 0.6 is 0 Å². The molecule has 2 N–H and O–H groups in total. The van der Waals surface area contributed by atoms with Crippen LogP contribution in [-0.4, -0.2) is 80.8 Å². The third-order valence-electron chi connectivity index (χ3n) is 8.02. The number of aliphatic hydroxyl groups is 1. The molecule has 35 heavy (non-hydrogen) atoms. The second-order valence-corrected chi connectivity index (χ2v) is 10.1. The van der Waals surface area contributed by atoms with Gasteiger partial charge in [-0.3, -0.25) is 14.4 Å². The van der Waals surface area contributed by atoms with E-state index in [4.69, 9.17) is 4.74 Å². The highest BCUT2D eigenvalue weighted by atomic mass is 16.5. The summed E-state index contributed by atoms with van der Waals surface area (Å²) < 4.78 is 6.31. The molecule has 3 fully saturated rings. The van der Waals surface area contributed by atoms with Crippen LogP contribution in [0.5, 0.6) is 0 Å². The SMILES string of the molecule is C=CCN(C(=O)C1N([C@@H](CO)Cc2ccccc2)C(=O)[C@@H]2[C@@H](C(=O)O)[C@H]3CCC12O3)C(C)CCC. The van der Waals surface area contributed by atoms with E-state index < -0.39 is 47.5 Å². The lowest BCUT2D eigenvalue weighted by atomic mass is 9.70. The first-order valence-electron chi connectivity index (χ1n) is 12.6. The lowest BCUT2D eigenvalue weighted by Crippen LogP contribution is -2.60. The molecule has 8 nitrogen and oxygen atoms in total. The molecule has 2 amide bonds. The summed E-state index contributed by atoms with van der Waals surface area (Å²) in [5.74, 6) is -3.68. The average Bonchev–Trinajstić information content (AvgIpc) is 3.49. The summed E-state index contributed by atoms with van der Waals surface area (Å²) >= 11 is 0. The Kier molecular flexibility index (Phi) is 7.33. The summed E-state index contributed by atoms with van der Waals surface area (Å²) in [4.78, 5) is 43.6. The highest BCUT2D eigenvalue weighted by Crippen LogP contribution is 2.59. The summed E-state index contributed by atoms with van der Waals surface area (Å²) in [6.45, 7) is 7.81. The lowest BCUT2D eigenvalue weighted by Gasteiger charge is -2.41. The molecule has 0 saturated carbocycles. The molecular formula is C27H36N2O6. The summed E-state index contributed by atoms with van der Waals surface area (Å²) in [7, 11) is 0. The van der Waals surface area contributed by atoms with Crippen LogP contribution < -0.4 is 0 Å². The molecule has 190 valence electrons. The molecule has 3 aliphatic rings. The van der Waals surface area contributed by atoms with Crippen LogP contribution in [-0.2, 0) is 25.5 Å². The average molecular weight is 485 g/mol. The lowest BCUT2D eigenvalue weighted by molar-refractivity contribution is -0.154. The number of ether oxygens (including phenoxy) is 1. The van der Waals surface area contributed by atoms with Crippen molar-refractivity contribution in [3.8, 4) is 0 Å². The van der Waals surface area contributed by atoms with Gasteiger partial charge in [-0.2, -0.15) is 0 Å². The molecule has 8 heteroatoms. The van der Waals surface area contributed by atoms with Crippen molar-refractivity contribution in [3.05, 3.63) is 48.6 Å². The number of carbonyl (C=O) groups excluding carboxylic acids is 2. The summed E-state index contributed by atoms with van der Waals surface area (Å²) in [6, 6.07) is 7.72. The highest BCUT2D eigenvalue weighted by molar-refractivity contribution is 5.98. The van der Waals surface area contributed by atoms with Crippen LogP contribution in [0.25, 0.3) is 0 Å². The Balaban J connectivity index is 1.78. The van der Waals surface area contributed by atoms with Crippen molar-refractivity contribution >= 4 is 17.8 Å². The molecule has 1 aromatic rings. The van der Waals surface area contributed by atoms with Crippen molar-refractivity contribution in [1.29, 1.82) is 0 Å². The molecule has 3 aliphatic heterocycles. The standard InChI is InChI=1S/C27H36N2O6/c1-4-9-17(3)28(14-5-2)25(32)23-27-13-12-20(35-27)21(26(33)34)22(27)24(31)29(23)19(16-30)15-18-10-7-6-8-11-18/h5-8,10-11,17,19-23,30H,2,4,9,12-16H2,1,3H3,(H,33,34)/t17?,19-,20-,21+,22+,23?,27?/m1/s1. The van der Waals surface area contributed by atoms with E-state index >= 15 is 0 Å². The van der Waals surface area contributed by atoms with Crippen LogP contribution in [0.15, 0.2) is 43.0 Å². The van der Waals surface area contributed by atoms with E-state index in [-0.39, 0.29) is 18.6 Å². The molecule has 3 saturated heterocycles. The Morgan fingerprint density at radius 1 is 1.34 bits per heavy atom. The number of carboxylic acid groups (broad SMARTS) is 1. The molecule has 3 unspecified atom stereocenters. The van der Waals surface area contributed by atoms with Crippen molar-refractivity contribution in [2.75, 3.05) is 13.2 Å². The number of nitrogens with zero attached hydrogens (tertiary/aromatic N) is 2. The number of aliphatic hydroxyl groups excluding tert-OH is 1. The molecule has 0 aromatic heterocycles. The zero-order valence-electron chi connectivity index (χ0n) is 20.5. The van der Waals surface area contributed by atoms with Crippen molar-refractivity contribution in [2.45, 2.75) is 75.8 Å². The van der Waals surface area contributed by atoms with Crippen LogP contribution in [0, 0.1) is 11.8 Å². The fraction of sp³-hybridized carbons (Fsp3) is 0.593. The third kappa shape index (κ3) is 4.16. The van der Waals surface area contributed by atoms with Gasteiger partial charge in [-0.05, 0) is 38.2 Å². The van der Waals surface area contributed by atoms with Crippen LogP contribution in [0.4, 0.5) is 0 Å². The predicted molar refractivity (Wildman–Crippen MR) is 129 cm³/mol. The van der Waals surface area contributed by atoms with E-state index in [1.807, 2.05) is 44.2 Å². The van der Waals surface area contributed by atoms with Crippen molar-refractivity contribution in [1.82, 2.24) is 9.80 Å². The molecule has 1 spiro atoms. The van der Waals surface area contributed by atoms with Crippen molar-refractivity contribution in [2.24, 2.45) is 11.8 Å². The number of fused-ring (bicyclic) bond motifs is 1. The van der Waals surface area contributed by atoms with Gasteiger partial charge in [-0.15, -0.1) is 6.58 Å². The number of carbonyl (C=O) groups is 3. The Morgan fingerprint density at radius 2 is 2.06 bits per heavy atom. The Morgan fingerprint density at radius 3 is 2.66 bits per heavy atom. The molecule has 1 aromatic carbocycles. The van der Waals surface area contributed by atoms with E-state index in [2.05, 4.69) is 6.58 Å². The first kappa shape index (κ1) is 25.4. The van der Waals surface area contributed by atoms with E-state index in [9.17, 15) is 24.6 Å². The van der Waals surface area contributed by atoms with E-state index in [1.165, 1.54) is 4.90 Å². The fourth-order valence-corrected chi connectivity index (χ4v) is 6.54. The molecule has 3 heterocycles. The number of aliphatic carboxylic acids is 1. The maximum absolute atomic E-state index is 14.3. The summed E-state index contributed by atoms with van der Waals surface area (Å²) in [6.07, 6.45) is 4.04. The molecule has 0 aliphatic carbocycles. The molecule has 7 atom stereocenters. The van der Waals surface area contributed by atoms with Gasteiger partial charge in [-0.1, -0.05) is 49.8 Å². The largest absolute Gasteiger partial charge is 0.481 e. The summed E-state index contributed by atoms with van der Waals surface area (Å²) in [5.41, 5.74) is -0.278. The Labute approximate surface area is 206 Å². The van der Waals surface area contributed by atoms with Gasteiger partial charge in [0.1, 0.15) is 11.6 Å². The number of likely N-dealkylation sites (tertiary alicyclic amines) is 1. The normalized spacial score (nSPS) is 30.7. The first-order valence-corrected chi connectivity index (χ1v) is 12.6. The second-order valence-electron chi connectivity index (χ2n) is 10.1. The smallest absolute Gasteiger partial charge is 0.310 e. The fourth-order valence-electron chi connectivity index (χ4n) is 6.54. The number of hydrogen-bond acceptors (Lipinski definition) is 5. The Bertz CT molecular complexity index is 968. The zero-order valence-corrected chi connectivity index (χ0v) is 20.5. The van der Waals surface area contributed by atoms with E-state index in [0.29, 0.717) is 25.8 Å². The molecule has 0 radical (unpaired) electrons. The van der Waals surface area contributed by atoms with Gasteiger partial charge in [0.25, 0.3) is 0 Å². The minimum absolute atomic E-state index is 0.0894. The summed E-state index contributed by atoms with van der Waals surface area (Å²) in [5, 5.41) is 20.4. The maximum Gasteiger partial charge on any atom is 0.310 e. The minimum atomic E-state index is -1.20. The van der Waals surface area contributed by atoms with Crippen molar-refractivity contribution < 1.29 is 29.3 Å². The van der Waals surface area contributed by atoms with Gasteiger partial charge in [0.05, 0.1) is 30.6 Å². The quantitative estimate of drug-likeness (QED) is 0.467. The minimum Gasteiger partial charge on any atom is -0.481 e. The van der Waals surface area contributed by atoms with Gasteiger partial charge in [-0.25, -0.2) is 0 Å². The predicted octanol–water partition coefficient (Wildman–Crippen LogP) is 2.25. The van der Waals surface area contributed by atoms with Gasteiger partial charge in [0, 0.05) is 12.6 Å². The molecule has 2 bridgehead atoms. The van der Waals surface area contributed by atoms with Crippen LogP contribution in [0.3, 0.4) is 0 Å². The Hall–Kier alpha value is -2.71. The number of hydrogen-bond donors (Lipinski definition) is 2. The van der Waals surface area contributed by atoms with Gasteiger partial charge in [0.2, 0.25) is 11.8 Å². The van der Waals surface area contributed by atoms with Gasteiger partial charge in [0.15, 0.2) is 0 Å². The number of benzene rings is 1. The zero-order chi connectivity index (χ0) is 25.3. The highest BCUT2D eigenvalue weighted by Gasteiger charge is 2.75. The van der Waals surface area contributed by atoms with E-state index in [1.54, 1.807) is 11.0 Å². The molecule has 4 rings (SSSR count). The number of carboxylic acids is 1. The molecular weight excluding hydrogens is 448 g/mol. The third-order valence-corrected chi connectivity index (χ3v) is 8.02. The van der Waals surface area contributed by atoms with Gasteiger partial charge >= 0.3 is 5.97 Å². The van der Waals surface area contributed by atoms with Crippen molar-refractivity contribution in [3.63, 3.8) is 0 Å².